The molecule has 0 spiro atoms. The van der Waals surface area contributed by atoms with Crippen molar-refractivity contribution in [3.05, 3.63) is 70.0 Å². The fourth-order valence-corrected chi connectivity index (χ4v) is 2.28. The minimum absolute atomic E-state index is 0.0292. The van der Waals surface area contributed by atoms with Crippen molar-refractivity contribution in [2.45, 2.75) is 18.9 Å². The zero-order valence-corrected chi connectivity index (χ0v) is 11.5. The number of rotatable bonds is 3. The summed E-state index contributed by atoms with van der Waals surface area (Å²) in [5.74, 6) is -1.95. The first-order valence-electron chi connectivity index (χ1n) is 5.98. The molecule has 106 valence electrons. The molecule has 0 aliphatic rings. The molecule has 0 fully saturated rings. The fourth-order valence-electron chi connectivity index (χ4n) is 2.05. The number of benzene rings is 2. The second-order valence-electron chi connectivity index (χ2n) is 4.95. The lowest BCUT2D eigenvalue weighted by Gasteiger charge is -2.26. The molecule has 0 saturated carbocycles. The van der Waals surface area contributed by atoms with Crippen LogP contribution in [0.4, 0.5) is 13.2 Å². The van der Waals surface area contributed by atoms with Crippen molar-refractivity contribution in [1.82, 2.24) is 0 Å². The van der Waals surface area contributed by atoms with Crippen molar-refractivity contribution >= 4 is 11.6 Å². The topological polar surface area (TPSA) is 26.0 Å². The minimum atomic E-state index is -1.14. The summed E-state index contributed by atoms with van der Waals surface area (Å²) >= 11 is 5.94. The standard InChI is InChI=1S/C15H13ClF3N/c1-15(20,9-5-10(17)7-11(18)6-9)8-12-13(16)3-2-4-14(12)19/h2-7H,8,20H2,1H3. The second-order valence-corrected chi connectivity index (χ2v) is 5.36. The summed E-state index contributed by atoms with van der Waals surface area (Å²) in [6.07, 6.45) is 0.0292. The molecule has 0 saturated heterocycles. The molecular weight excluding hydrogens is 287 g/mol. The summed E-state index contributed by atoms with van der Waals surface area (Å²) in [5.41, 5.74) is 5.41. The lowest BCUT2D eigenvalue weighted by molar-refractivity contribution is 0.466. The molecule has 20 heavy (non-hydrogen) atoms. The van der Waals surface area contributed by atoms with E-state index < -0.39 is 23.0 Å². The zero-order valence-electron chi connectivity index (χ0n) is 10.8. The molecule has 2 N–H and O–H groups in total. The number of hydrogen-bond acceptors (Lipinski definition) is 1. The SMILES string of the molecule is CC(N)(Cc1c(F)cccc1Cl)c1cc(F)cc(F)c1. The summed E-state index contributed by atoms with van der Waals surface area (Å²) < 4.78 is 40.3. The monoisotopic (exact) mass is 299 g/mol. The zero-order chi connectivity index (χ0) is 14.9. The molecule has 1 atom stereocenters. The van der Waals surface area contributed by atoms with Gasteiger partial charge in [0.25, 0.3) is 0 Å². The molecule has 1 nitrogen and oxygen atoms in total. The van der Waals surface area contributed by atoms with Crippen molar-refractivity contribution in [2.75, 3.05) is 0 Å². The summed E-state index contributed by atoms with van der Waals surface area (Å²) in [5, 5.41) is 0.235. The maximum absolute atomic E-state index is 13.8. The third kappa shape index (κ3) is 3.14. The predicted molar refractivity (Wildman–Crippen MR) is 73.0 cm³/mol. The molecule has 0 aliphatic carbocycles. The van der Waals surface area contributed by atoms with Crippen LogP contribution in [-0.4, -0.2) is 0 Å². The summed E-state index contributed by atoms with van der Waals surface area (Å²) in [6.45, 7) is 1.57. The van der Waals surface area contributed by atoms with Gasteiger partial charge in [-0.3, -0.25) is 0 Å². The average molecular weight is 300 g/mol. The van der Waals surface area contributed by atoms with Crippen LogP contribution >= 0.6 is 11.6 Å². The molecule has 2 aromatic rings. The summed E-state index contributed by atoms with van der Waals surface area (Å²) in [7, 11) is 0. The van der Waals surface area contributed by atoms with Crippen LogP contribution in [0.5, 0.6) is 0 Å². The Kier molecular flexibility index (Phi) is 4.06. The highest BCUT2D eigenvalue weighted by Gasteiger charge is 2.25. The Balaban J connectivity index is 2.40. The van der Waals surface area contributed by atoms with Crippen molar-refractivity contribution in [3.63, 3.8) is 0 Å². The van der Waals surface area contributed by atoms with Crippen molar-refractivity contribution in [2.24, 2.45) is 5.73 Å². The second kappa shape index (κ2) is 5.46. The van der Waals surface area contributed by atoms with Crippen LogP contribution in [0.25, 0.3) is 0 Å². The van der Waals surface area contributed by atoms with Gasteiger partial charge in [-0.15, -0.1) is 0 Å². The minimum Gasteiger partial charge on any atom is -0.321 e. The molecule has 0 aromatic heterocycles. The van der Waals surface area contributed by atoms with Crippen LogP contribution in [0, 0.1) is 17.5 Å². The van der Waals surface area contributed by atoms with E-state index in [4.69, 9.17) is 17.3 Å². The van der Waals surface area contributed by atoms with Crippen LogP contribution in [-0.2, 0) is 12.0 Å². The third-order valence-electron chi connectivity index (χ3n) is 3.13. The fraction of sp³-hybridized carbons (Fsp3) is 0.200. The van der Waals surface area contributed by atoms with Crippen molar-refractivity contribution in [3.8, 4) is 0 Å². The van der Waals surface area contributed by atoms with Gasteiger partial charge in [-0.1, -0.05) is 17.7 Å². The first-order chi connectivity index (χ1) is 9.29. The molecule has 0 radical (unpaired) electrons. The highest BCUT2D eigenvalue weighted by atomic mass is 35.5. The van der Waals surface area contributed by atoms with Gasteiger partial charge in [-0.2, -0.15) is 0 Å². The van der Waals surface area contributed by atoms with Gasteiger partial charge in [0, 0.05) is 22.2 Å². The maximum atomic E-state index is 13.8. The van der Waals surface area contributed by atoms with E-state index in [9.17, 15) is 13.2 Å². The maximum Gasteiger partial charge on any atom is 0.127 e. The Hall–Kier alpha value is -1.52. The van der Waals surface area contributed by atoms with E-state index in [1.165, 1.54) is 12.1 Å². The Labute approximate surface area is 120 Å². The Morgan fingerprint density at radius 1 is 1.10 bits per heavy atom. The van der Waals surface area contributed by atoms with Gasteiger partial charge < -0.3 is 5.73 Å². The van der Waals surface area contributed by atoms with E-state index >= 15 is 0 Å². The molecule has 0 amide bonds. The van der Waals surface area contributed by atoms with Gasteiger partial charge in [0.05, 0.1) is 0 Å². The van der Waals surface area contributed by atoms with Gasteiger partial charge in [0.1, 0.15) is 17.5 Å². The molecule has 0 bridgehead atoms. The number of hydrogen-bond donors (Lipinski definition) is 1. The third-order valence-corrected chi connectivity index (χ3v) is 3.48. The van der Waals surface area contributed by atoms with Gasteiger partial charge >= 0.3 is 0 Å². The quantitative estimate of drug-likeness (QED) is 0.904. The molecule has 5 heteroatoms. The lowest BCUT2D eigenvalue weighted by Crippen LogP contribution is -2.36. The van der Waals surface area contributed by atoms with Crippen LogP contribution in [0.2, 0.25) is 5.02 Å². The summed E-state index contributed by atoms with van der Waals surface area (Å²) in [4.78, 5) is 0. The van der Waals surface area contributed by atoms with E-state index in [1.54, 1.807) is 13.0 Å². The molecule has 2 aromatic carbocycles. The number of halogens is 4. The van der Waals surface area contributed by atoms with Crippen LogP contribution in [0.15, 0.2) is 36.4 Å². The first-order valence-corrected chi connectivity index (χ1v) is 6.36. The van der Waals surface area contributed by atoms with Crippen LogP contribution in [0.1, 0.15) is 18.1 Å². The largest absolute Gasteiger partial charge is 0.321 e. The predicted octanol–water partition coefficient (Wildman–Crippen LogP) is 4.17. The molecule has 2 rings (SSSR count). The van der Waals surface area contributed by atoms with Crippen molar-refractivity contribution in [1.29, 1.82) is 0 Å². The van der Waals surface area contributed by atoms with E-state index in [1.807, 2.05) is 0 Å². The van der Waals surface area contributed by atoms with Crippen molar-refractivity contribution < 1.29 is 13.2 Å². The van der Waals surface area contributed by atoms with Gasteiger partial charge in [0.15, 0.2) is 0 Å². The van der Waals surface area contributed by atoms with Gasteiger partial charge in [0.2, 0.25) is 0 Å². The summed E-state index contributed by atoms with van der Waals surface area (Å²) in [6, 6.07) is 7.33. The van der Waals surface area contributed by atoms with E-state index in [2.05, 4.69) is 0 Å². The molecular formula is C15H13ClF3N. The van der Waals surface area contributed by atoms with Crippen LogP contribution < -0.4 is 5.73 Å². The highest BCUT2D eigenvalue weighted by molar-refractivity contribution is 6.31. The lowest BCUT2D eigenvalue weighted by atomic mass is 9.86. The Bertz CT molecular complexity index is 601. The smallest absolute Gasteiger partial charge is 0.127 e. The van der Waals surface area contributed by atoms with Gasteiger partial charge in [-0.05, 0) is 43.2 Å². The average Bonchev–Trinajstić information content (AvgIpc) is 2.33. The van der Waals surface area contributed by atoms with E-state index in [0.29, 0.717) is 0 Å². The van der Waals surface area contributed by atoms with Crippen LogP contribution in [0.3, 0.4) is 0 Å². The number of nitrogens with two attached hydrogens (primary N) is 1. The normalized spacial score (nSPS) is 14.1. The van der Waals surface area contributed by atoms with E-state index in [-0.39, 0.29) is 22.6 Å². The molecule has 0 heterocycles. The molecule has 0 aliphatic heterocycles. The molecule has 1 unspecified atom stereocenters. The Morgan fingerprint density at radius 3 is 2.25 bits per heavy atom. The highest BCUT2D eigenvalue weighted by Crippen LogP contribution is 2.29. The van der Waals surface area contributed by atoms with E-state index in [0.717, 1.165) is 18.2 Å². The Morgan fingerprint density at radius 2 is 1.70 bits per heavy atom. The van der Waals surface area contributed by atoms with Gasteiger partial charge in [-0.25, -0.2) is 13.2 Å². The first kappa shape index (κ1) is 14.9.